The Bertz CT molecular complexity index is 616. The average Bonchev–Trinajstić information content (AvgIpc) is 3.13. The zero-order chi connectivity index (χ0) is 17.5. The first-order chi connectivity index (χ1) is 11.2. The molecule has 1 aromatic heterocycles. The van der Waals surface area contributed by atoms with Gasteiger partial charge in [-0.2, -0.15) is 13.2 Å². The van der Waals surface area contributed by atoms with Gasteiger partial charge in [-0.15, -0.1) is 0 Å². The number of nitrogens with zero attached hydrogens (tertiary/aromatic N) is 3. The van der Waals surface area contributed by atoms with Crippen molar-refractivity contribution in [3.05, 3.63) is 18.2 Å². The Morgan fingerprint density at radius 3 is 2.67 bits per heavy atom. The van der Waals surface area contributed by atoms with E-state index in [9.17, 15) is 23.1 Å². The van der Waals surface area contributed by atoms with Crippen molar-refractivity contribution in [2.24, 2.45) is 13.0 Å². The van der Waals surface area contributed by atoms with Gasteiger partial charge in [0, 0.05) is 32.0 Å². The zero-order valence-electron chi connectivity index (χ0n) is 13.6. The molecule has 3 rings (SSSR count). The molecule has 0 bridgehead atoms. The monoisotopic (exact) mass is 345 g/mol. The minimum Gasteiger partial charge on any atom is -0.374 e. The normalized spacial score (nSPS) is 27.0. The second-order valence-corrected chi connectivity index (χ2v) is 6.88. The number of aryl methyl sites for hydroxylation is 1. The van der Waals surface area contributed by atoms with Crippen LogP contribution in [0.25, 0.3) is 0 Å². The molecule has 1 aliphatic carbocycles. The van der Waals surface area contributed by atoms with Crippen LogP contribution in [-0.2, 0) is 17.4 Å². The van der Waals surface area contributed by atoms with Crippen molar-refractivity contribution in [3.63, 3.8) is 0 Å². The zero-order valence-corrected chi connectivity index (χ0v) is 13.6. The third-order valence-corrected chi connectivity index (χ3v) is 5.38. The summed E-state index contributed by atoms with van der Waals surface area (Å²) in [4.78, 5) is 17.8. The molecule has 5 nitrogen and oxygen atoms in total. The molecule has 1 amide bonds. The van der Waals surface area contributed by atoms with E-state index in [0.29, 0.717) is 12.5 Å². The number of hydrogen-bond acceptors (Lipinski definition) is 3. The standard InChI is InChI=1S/C16H22F3N3O2/c1-21-9-7-20-14(21)15(24,16(17,18)19)10-13(23)22-8-3-5-11-4-2-6-12(11)22/h7,9,11-12,24H,2-6,8,10H2,1H3. The first-order valence-electron chi connectivity index (χ1n) is 8.30. The van der Waals surface area contributed by atoms with Gasteiger partial charge in [-0.05, 0) is 31.6 Å². The van der Waals surface area contributed by atoms with Gasteiger partial charge in [-0.1, -0.05) is 6.42 Å². The van der Waals surface area contributed by atoms with Crippen LogP contribution in [0.15, 0.2) is 12.4 Å². The van der Waals surface area contributed by atoms with Crippen LogP contribution in [0.2, 0.25) is 0 Å². The molecule has 3 atom stereocenters. The number of carbonyl (C=O) groups excluding carboxylic acids is 1. The number of piperidine rings is 1. The van der Waals surface area contributed by atoms with Gasteiger partial charge < -0.3 is 14.6 Å². The summed E-state index contributed by atoms with van der Waals surface area (Å²) in [6.45, 7) is 0.467. The predicted molar refractivity (Wildman–Crippen MR) is 79.9 cm³/mol. The fourth-order valence-electron chi connectivity index (χ4n) is 4.15. The average molecular weight is 345 g/mol. The van der Waals surface area contributed by atoms with Gasteiger partial charge in [0.05, 0.1) is 6.42 Å². The van der Waals surface area contributed by atoms with E-state index in [-0.39, 0.29) is 6.04 Å². The Morgan fingerprint density at radius 1 is 1.33 bits per heavy atom. The molecule has 0 radical (unpaired) electrons. The molecule has 1 saturated carbocycles. The fourth-order valence-corrected chi connectivity index (χ4v) is 4.15. The summed E-state index contributed by atoms with van der Waals surface area (Å²) in [7, 11) is 1.37. The van der Waals surface area contributed by atoms with Gasteiger partial charge in [0.2, 0.25) is 11.5 Å². The number of aromatic nitrogens is 2. The summed E-state index contributed by atoms with van der Waals surface area (Å²) in [5.41, 5.74) is -3.27. The molecule has 2 aliphatic rings. The van der Waals surface area contributed by atoms with Crippen LogP contribution in [0, 0.1) is 5.92 Å². The summed E-state index contributed by atoms with van der Waals surface area (Å²) in [5, 5.41) is 10.4. The van der Waals surface area contributed by atoms with Gasteiger partial charge in [0.25, 0.3) is 0 Å². The second-order valence-electron chi connectivity index (χ2n) is 6.88. The van der Waals surface area contributed by atoms with E-state index in [4.69, 9.17) is 0 Å². The molecule has 3 unspecified atom stereocenters. The van der Waals surface area contributed by atoms with Crippen molar-refractivity contribution in [1.29, 1.82) is 0 Å². The molecule has 1 N–H and O–H groups in total. The number of likely N-dealkylation sites (tertiary alicyclic amines) is 1. The predicted octanol–water partition coefficient (Wildman–Crippen LogP) is 2.35. The highest BCUT2D eigenvalue weighted by molar-refractivity contribution is 5.78. The summed E-state index contributed by atoms with van der Waals surface area (Å²) in [6.07, 6.45) is 1.20. The third kappa shape index (κ3) is 2.81. The Labute approximate surface area is 138 Å². The summed E-state index contributed by atoms with van der Waals surface area (Å²) in [5.74, 6) is -0.812. The van der Waals surface area contributed by atoms with E-state index in [2.05, 4.69) is 4.98 Å². The molecular formula is C16H22F3N3O2. The van der Waals surface area contributed by atoms with Gasteiger partial charge in [-0.25, -0.2) is 4.98 Å². The minimum atomic E-state index is -4.98. The maximum atomic E-state index is 13.6. The Balaban J connectivity index is 1.85. The van der Waals surface area contributed by atoms with Gasteiger partial charge in [-0.3, -0.25) is 4.79 Å². The van der Waals surface area contributed by atoms with Crippen LogP contribution in [0.1, 0.15) is 44.3 Å². The molecule has 8 heteroatoms. The minimum absolute atomic E-state index is 0.0186. The number of hydrogen-bond donors (Lipinski definition) is 1. The smallest absolute Gasteiger partial charge is 0.374 e. The number of halogens is 3. The molecule has 0 spiro atoms. The molecule has 1 aliphatic heterocycles. The van der Waals surface area contributed by atoms with Gasteiger partial charge >= 0.3 is 6.18 Å². The van der Waals surface area contributed by atoms with E-state index in [1.807, 2.05) is 0 Å². The molecule has 134 valence electrons. The van der Waals surface area contributed by atoms with Crippen LogP contribution in [-0.4, -0.2) is 44.2 Å². The number of amides is 1. The highest BCUT2D eigenvalue weighted by Crippen LogP contribution is 2.43. The second kappa shape index (κ2) is 6.06. The molecular weight excluding hydrogens is 323 g/mol. The third-order valence-electron chi connectivity index (χ3n) is 5.38. The summed E-state index contributed by atoms with van der Waals surface area (Å²) < 4.78 is 41.8. The maximum absolute atomic E-state index is 13.6. The number of alkyl halides is 3. The van der Waals surface area contributed by atoms with Crippen LogP contribution in [0.5, 0.6) is 0 Å². The SMILES string of the molecule is Cn1ccnc1C(O)(CC(=O)N1CCCC2CCCC21)C(F)(F)F. The van der Waals surface area contributed by atoms with E-state index < -0.39 is 29.9 Å². The molecule has 24 heavy (non-hydrogen) atoms. The lowest BCUT2D eigenvalue weighted by Gasteiger charge is -2.39. The molecule has 2 fully saturated rings. The topological polar surface area (TPSA) is 58.4 Å². The summed E-state index contributed by atoms with van der Waals surface area (Å²) in [6, 6.07) is 0.0186. The lowest BCUT2D eigenvalue weighted by Crippen LogP contribution is -2.52. The lowest BCUT2D eigenvalue weighted by atomic mass is 9.90. The largest absolute Gasteiger partial charge is 0.425 e. The first kappa shape index (κ1) is 17.3. The van der Waals surface area contributed by atoms with Gasteiger partial charge in [0.1, 0.15) is 0 Å². The van der Waals surface area contributed by atoms with Crippen LogP contribution in [0.4, 0.5) is 13.2 Å². The van der Waals surface area contributed by atoms with Gasteiger partial charge in [0.15, 0.2) is 5.82 Å². The quantitative estimate of drug-likeness (QED) is 0.915. The van der Waals surface area contributed by atoms with Crippen molar-refractivity contribution in [2.45, 2.75) is 56.3 Å². The molecule has 1 saturated heterocycles. The number of carbonyl (C=O) groups is 1. The summed E-state index contributed by atoms with van der Waals surface area (Å²) >= 11 is 0. The van der Waals surface area contributed by atoms with E-state index >= 15 is 0 Å². The Kier molecular flexibility index (Phi) is 4.36. The number of fused-ring (bicyclic) bond motifs is 1. The molecule has 0 aromatic carbocycles. The van der Waals surface area contributed by atoms with E-state index in [1.54, 1.807) is 4.90 Å². The highest BCUT2D eigenvalue weighted by Gasteiger charge is 2.59. The van der Waals surface area contributed by atoms with Crippen LogP contribution < -0.4 is 0 Å². The lowest BCUT2D eigenvalue weighted by molar-refractivity contribution is -0.272. The Hall–Kier alpha value is -1.57. The number of rotatable bonds is 3. The fraction of sp³-hybridized carbons (Fsp3) is 0.750. The van der Waals surface area contributed by atoms with Crippen molar-refractivity contribution in [2.75, 3.05) is 6.54 Å². The molecule has 2 heterocycles. The number of aliphatic hydroxyl groups is 1. The van der Waals surface area contributed by atoms with E-state index in [1.165, 1.54) is 19.4 Å². The number of imidazole rings is 1. The van der Waals surface area contributed by atoms with Crippen molar-refractivity contribution < 1.29 is 23.1 Å². The van der Waals surface area contributed by atoms with Crippen LogP contribution in [0.3, 0.4) is 0 Å². The highest BCUT2D eigenvalue weighted by atomic mass is 19.4. The molecule has 1 aromatic rings. The Morgan fingerprint density at radius 2 is 2.04 bits per heavy atom. The van der Waals surface area contributed by atoms with E-state index in [0.717, 1.165) is 36.7 Å². The maximum Gasteiger partial charge on any atom is 0.425 e. The van der Waals surface area contributed by atoms with Crippen molar-refractivity contribution >= 4 is 5.91 Å². The first-order valence-corrected chi connectivity index (χ1v) is 8.30. The van der Waals surface area contributed by atoms with Crippen LogP contribution >= 0.6 is 0 Å². The van der Waals surface area contributed by atoms with Crippen molar-refractivity contribution in [1.82, 2.24) is 14.5 Å². The van der Waals surface area contributed by atoms with Crippen molar-refractivity contribution in [3.8, 4) is 0 Å².